The molecule has 0 aromatic heterocycles. The maximum atomic E-state index is 12.8. The number of carbonyl (C=O) groups is 1. The average molecular weight is 404 g/mol. The molecule has 4 rings (SSSR count). The Hall–Kier alpha value is -2.09. The third-order valence-electron chi connectivity index (χ3n) is 8.13. The molecule has 2 aromatic rings. The van der Waals surface area contributed by atoms with Gasteiger partial charge < -0.3 is 5.32 Å². The second-order valence-electron chi connectivity index (χ2n) is 10.6. The van der Waals surface area contributed by atoms with Crippen molar-refractivity contribution < 1.29 is 4.79 Å². The van der Waals surface area contributed by atoms with Gasteiger partial charge in [0.25, 0.3) is 5.91 Å². The minimum Gasteiger partial charge on any atom is -0.351 e. The van der Waals surface area contributed by atoms with Crippen LogP contribution in [0.2, 0.25) is 0 Å². The van der Waals surface area contributed by atoms with E-state index in [4.69, 9.17) is 0 Å². The molecular weight excluding hydrogens is 366 g/mol. The van der Waals surface area contributed by atoms with Crippen molar-refractivity contribution in [2.75, 3.05) is 6.54 Å². The molecule has 0 saturated heterocycles. The zero-order valence-electron chi connectivity index (χ0n) is 19.3. The molecule has 160 valence electrons. The highest BCUT2D eigenvalue weighted by molar-refractivity contribution is 5.94. The van der Waals surface area contributed by atoms with Crippen molar-refractivity contribution >= 4 is 5.91 Å². The minimum atomic E-state index is 0.0567. The van der Waals surface area contributed by atoms with Crippen LogP contribution in [0.3, 0.4) is 0 Å². The molecule has 0 bridgehead atoms. The molecule has 1 amide bonds. The van der Waals surface area contributed by atoms with Gasteiger partial charge in [0.05, 0.1) is 0 Å². The predicted octanol–water partition coefficient (Wildman–Crippen LogP) is 6.56. The van der Waals surface area contributed by atoms with E-state index in [1.54, 1.807) is 11.1 Å². The lowest BCUT2D eigenvalue weighted by Gasteiger charge is -2.55. The first kappa shape index (κ1) is 21.2. The lowest BCUT2D eigenvalue weighted by molar-refractivity contribution is 0.0254. The van der Waals surface area contributed by atoms with E-state index in [2.05, 4.69) is 58.1 Å². The minimum absolute atomic E-state index is 0.0567. The number of nitrogens with one attached hydrogen (secondary N) is 1. The molecule has 30 heavy (non-hydrogen) atoms. The van der Waals surface area contributed by atoms with E-state index in [0.717, 1.165) is 18.5 Å². The van der Waals surface area contributed by atoms with Crippen LogP contribution in [0.25, 0.3) is 0 Å². The SMILES string of the molecule is Cc1ccc(C(=O)NC[C@]2(C)CCC[C@]3(C)c4ccc(C(C)C)cc4CC[C@@H]23)cc1. The summed E-state index contributed by atoms with van der Waals surface area (Å²) in [5, 5.41) is 3.29. The van der Waals surface area contributed by atoms with Crippen molar-refractivity contribution in [3.8, 4) is 0 Å². The van der Waals surface area contributed by atoms with E-state index in [0.29, 0.717) is 11.8 Å². The van der Waals surface area contributed by atoms with Crippen molar-refractivity contribution in [1.29, 1.82) is 0 Å². The van der Waals surface area contributed by atoms with Crippen LogP contribution in [-0.4, -0.2) is 12.5 Å². The first-order chi connectivity index (χ1) is 14.2. The molecule has 0 spiro atoms. The molecule has 0 radical (unpaired) electrons. The van der Waals surface area contributed by atoms with E-state index in [-0.39, 0.29) is 16.7 Å². The molecule has 1 saturated carbocycles. The lowest BCUT2D eigenvalue weighted by atomic mass is 9.49. The topological polar surface area (TPSA) is 29.1 Å². The fourth-order valence-corrected chi connectivity index (χ4v) is 6.30. The van der Waals surface area contributed by atoms with Crippen LogP contribution >= 0.6 is 0 Å². The van der Waals surface area contributed by atoms with Crippen LogP contribution in [0.5, 0.6) is 0 Å². The van der Waals surface area contributed by atoms with Gasteiger partial charge in [-0.3, -0.25) is 4.79 Å². The van der Waals surface area contributed by atoms with Gasteiger partial charge in [-0.1, -0.05) is 70.0 Å². The smallest absolute Gasteiger partial charge is 0.251 e. The summed E-state index contributed by atoms with van der Waals surface area (Å²) < 4.78 is 0. The summed E-state index contributed by atoms with van der Waals surface area (Å²) in [6.07, 6.45) is 6.07. The molecule has 3 atom stereocenters. The van der Waals surface area contributed by atoms with Crippen molar-refractivity contribution in [2.45, 2.75) is 78.1 Å². The Kier molecular flexibility index (Phi) is 5.55. The number of benzene rings is 2. The van der Waals surface area contributed by atoms with Crippen LogP contribution in [0.4, 0.5) is 0 Å². The Morgan fingerprint density at radius 3 is 2.53 bits per heavy atom. The Labute approximate surface area is 182 Å². The normalized spacial score (nSPS) is 28.0. The predicted molar refractivity (Wildman–Crippen MR) is 125 cm³/mol. The standard InChI is InChI=1S/C28H37NO/c1-19(2)22-11-13-24-23(17-22)12-14-25-27(4,15-6-16-28(24,25)5)18-29-26(30)21-9-7-20(3)8-10-21/h7-11,13,17,19,25H,6,12,14-16,18H2,1-5H3,(H,29,30)/t25-,27-,28+/m0/s1. The zero-order chi connectivity index (χ0) is 21.5. The summed E-state index contributed by atoms with van der Waals surface area (Å²) >= 11 is 0. The molecule has 2 aliphatic rings. The summed E-state index contributed by atoms with van der Waals surface area (Å²) in [7, 11) is 0. The van der Waals surface area contributed by atoms with Crippen LogP contribution in [-0.2, 0) is 11.8 Å². The van der Waals surface area contributed by atoms with Crippen molar-refractivity contribution in [3.63, 3.8) is 0 Å². The number of carbonyl (C=O) groups excluding carboxylic acids is 1. The maximum Gasteiger partial charge on any atom is 0.251 e. The summed E-state index contributed by atoms with van der Waals surface area (Å²) in [5.41, 5.74) is 6.89. The van der Waals surface area contributed by atoms with Gasteiger partial charge in [0.1, 0.15) is 0 Å². The Balaban J connectivity index is 1.55. The van der Waals surface area contributed by atoms with Gasteiger partial charge in [-0.25, -0.2) is 0 Å². The van der Waals surface area contributed by atoms with Gasteiger partial charge >= 0.3 is 0 Å². The van der Waals surface area contributed by atoms with Gasteiger partial charge in [0.2, 0.25) is 0 Å². The van der Waals surface area contributed by atoms with E-state index >= 15 is 0 Å². The fourth-order valence-electron chi connectivity index (χ4n) is 6.30. The van der Waals surface area contributed by atoms with Crippen molar-refractivity contribution in [3.05, 3.63) is 70.3 Å². The zero-order valence-corrected chi connectivity index (χ0v) is 19.3. The molecule has 2 nitrogen and oxygen atoms in total. The molecular formula is C28H37NO. The van der Waals surface area contributed by atoms with Crippen molar-refractivity contribution in [2.24, 2.45) is 11.3 Å². The molecule has 1 N–H and O–H groups in total. The fraction of sp³-hybridized carbons (Fsp3) is 0.536. The number of aryl methyl sites for hydroxylation is 2. The molecule has 2 heteroatoms. The number of rotatable bonds is 4. The molecule has 0 heterocycles. The average Bonchev–Trinajstić information content (AvgIpc) is 2.72. The maximum absolute atomic E-state index is 12.8. The Morgan fingerprint density at radius 2 is 1.83 bits per heavy atom. The van der Waals surface area contributed by atoms with Crippen molar-refractivity contribution in [1.82, 2.24) is 5.32 Å². The number of hydrogen-bond acceptors (Lipinski definition) is 1. The van der Waals surface area contributed by atoms with Gasteiger partial charge in [-0.05, 0) is 84.1 Å². The summed E-state index contributed by atoms with van der Waals surface area (Å²) in [6.45, 7) is 12.3. The first-order valence-electron chi connectivity index (χ1n) is 11.7. The van der Waals surface area contributed by atoms with Crippen LogP contribution in [0.15, 0.2) is 42.5 Å². The van der Waals surface area contributed by atoms with Crippen LogP contribution in [0.1, 0.15) is 91.9 Å². The van der Waals surface area contributed by atoms with Gasteiger partial charge in [0.15, 0.2) is 0 Å². The second-order valence-corrected chi connectivity index (χ2v) is 10.6. The summed E-state index contributed by atoms with van der Waals surface area (Å²) in [4.78, 5) is 12.8. The monoisotopic (exact) mass is 403 g/mol. The second kappa shape index (κ2) is 7.87. The van der Waals surface area contributed by atoms with Crippen LogP contribution < -0.4 is 5.32 Å². The summed E-state index contributed by atoms with van der Waals surface area (Å²) in [5.74, 6) is 1.24. The number of hydrogen-bond donors (Lipinski definition) is 1. The highest BCUT2D eigenvalue weighted by Crippen LogP contribution is 2.57. The Morgan fingerprint density at radius 1 is 1.10 bits per heavy atom. The molecule has 0 unspecified atom stereocenters. The van der Waals surface area contributed by atoms with E-state index in [9.17, 15) is 4.79 Å². The van der Waals surface area contributed by atoms with Gasteiger partial charge in [-0.2, -0.15) is 0 Å². The molecule has 2 aliphatic carbocycles. The van der Waals surface area contributed by atoms with Gasteiger partial charge in [0, 0.05) is 12.1 Å². The number of fused-ring (bicyclic) bond motifs is 3. The summed E-state index contributed by atoms with van der Waals surface area (Å²) in [6, 6.07) is 15.1. The highest BCUT2D eigenvalue weighted by atomic mass is 16.1. The van der Waals surface area contributed by atoms with Crippen LogP contribution in [0, 0.1) is 18.3 Å². The number of amides is 1. The Bertz CT molecular complexity index is 928. The van der Waals surface area contributed by atoms with Gasteiger partial charge in [-0.15, -0.1) is 0 Å². The quantitative estimate of drug-likeness (QED) is 0.615. The lowest BCUT2D eigenvalue weighted by Crippen LogP contribution is -2.53. The first-order valence-corrected chi connectivity index (χ1v) is 11.7. The van der Waals surface area contributed by atoms with E-state index in [1.165, 1.54) is 36.8 Å². The van der Waals surface area contributed by atoms with E-state index in [1.807, 2.05) is 24.3 Å². The van der Waals surface area contributed by atoms with E-state index < -0.39 is 0 Å². The third kappa shape index (κ3) is 3.70. The molecule has 2 aromatic carbocycles. The third-order valence-corrected chi connectivity index (χ3v) is 8.13. The largest absolute Gasteiger partial charge is 0.351 e. The highest BCUT2D eigenvalue weighted by Gasteiger charge is 2.51. The molecule has 0 aliphatic heterocycles. The molecule has 1 fully saturated rings.